The molecule has 2 N–H and O–H groups in total. The molecule has 0 unspecified atom stereocenters. The summed E-state index contributed by atoms with van der Waals surface area (Å²) in [5, 5.41) is 11.2. The van der Waals surface area contributed by atoms with Crippen LogP contribution in [0.3, 0.4) is 0 Å². The Labute approximate surface area is 154 Å². The van der Waals surface area contributed by atoms with Crippen LogP contribution in [0.1, 0.15) is 49.8 Å². The van der Waals surface area contributed by atoms with Crippen molar-refractivity contribution >= 4 is 22.8 Å². The quantitative estimate of drug-likeness (QED) is 0.802. The Morgan fingerprint density at radius 1 is 1.23 bits per heavy atom. The highest BCUT2D eigenvalue weighted by Crippen LogP contribution is 2.29. The molecule has 2 heterocycles. The van der Waals surface area contributed by atoms with Crippen molar-refractivity contribution in [2.24, 2.45) is 5.92 Å². The van der Waals surface area contributed by atoms with Crippen LogP contribution in [0.2, 0.25) is 0 Å². The average Bonchev–Trinajstić information content (AvgIpc) is 2.67. The smallest absolute Gasteiger partial charge is 0.0922 e. The summed E-state index contributed by atoms with van der Waals surface area (Å²) in [6.07, 6.45) is 9.55. The first-order valence-corrected chi connectivity index (χ1v) is 9.54. The SMILES string of the molecule is CC1CC(N/C=C(\C=N)c2cnc3ccc(C4CCOCC4)cc3n2)C1. The summed E-state index contributed by atoms with van der Waals surface area (Å²) in [5.74, 6) is 1.34. The van der Waals surface area contributed by atoms with Gasteiger partial charge in [-0.25, -0.2) is 4.98 Å². The van der Waals surface area contributed by atoms with Crippen molar-refractivity contribution in [1.82, 2.24) is 15.3 Å². The third-order valence-corrected chi connectivity index (χ3v) is 5.56. The van der Waals surface area contributed by atoms with Gasteiger partial charge in [0.2, 0.25) is 0 Å². The van der Waals surface area contributed by atoms with Crippen LogP contribution in [-0.4, -0.2) is 35.4 Å². The van der Waals surface area contributed by atoms with E-state index >= 15 is 0 Å². The number of rotatable bonds is 5. The zero-order chi connectivity index (χ0) is 17.9. The van der Waals surface area contributed by atoms with Crippen LogP contribution >= 0.6 is 0 Å². The van der Waals surface area contributed by atoms with Crippen LogP contribution in [-0.2, 0) is 4.74 Å². The fourth-order valence-electron chi connectivity index (χ4n) is 3.89. The summed E-state index contributed by atoms with van der Waals surface area (Å²) >= 11 is 0. The topological polar surface area (TPSA) is 70.9 Å². The van der Waals surface area contributed by atoms with Gasteiger partial charge in [0.1, 0.15) is 0 Å². The molecule has 1 saturated heterocycles. The minimum absolute atomic E-state index is 0.522. The van der Waals surface area contributed by atoms with Crippen LogP contribution in [0.5, 0.6) is 0 Å². The summed E-state index contributed by atoms with van der Waals surface area (Å²) in [6, 6.07) is 6.90. The molecule has 2 aliphatic rings. The molecular formula is C21H26N4O. The number of fused-ring (bicyclic) bond motifs is 1. The Hall–Kier alpha value is -2.27. The fraction of sp³-hybridized carbons (Fsp3) is 0.476. The van der Waals surface area contributed by atoms with Gasteiger partial charge in [-0.1, -0.05) is 13.0 Å². The first-order chi connectivity index (χ1) is 12.7. The highest BCUT2D eigenvalue weighted by molar-refractivity contribution is 6.07. The molecule has 1 aliphatic carbocycles. The molecule has 2 aromatic rings. The van der Waals surface area contributed by atoms with Gasteiger partial charge in [-0.3, -0.25) is 4.98 Å². The van der Waals surface area contributed by atoms with E-state index in [0.717, 1.165) is 54.3 Å². The Balaban J connectivity index is 1.58. The number of hydrogen-bond donors (Lipinski definition) is 2. The number of ether oxygens (including phenoxy) is 1. The molecule has 0 spiro atoms. The second-order valence-electron chi connectivity index (χ2n) is 7.57. The molecular weight excluding hydrogens is 324 g/mol. The lowest BCUT2D eigenvalue weighted by molar-refractivity contribution is 0.0853. The largest absolute Gasteiger partial charge is 0.388 e. The van der Waals surface area contributed by atoms with E-state index in [0.29, 0.717) is 12.0 Å². The van der Waals surface area contributed by atoms with Gasteiger partial charge in [0.05, 0.1) is 22.9 Å². The van der Waals surface area contributed by atoms with E-state index in [4.69, 9.17) is 15.1 Å². The maximum Gasteiger partial charge on any atom is 0.0922 e. The molecule has 4 rings (SSSR count). The van der Waals surface area contributed by atoms with E-state index in [-0.39, 0.29) is 0 Å². The zero-order valence-corrected chi connectivity index (χ0v) is 15.2. The molecule has 1 saturated carbocycles. The van der Waals surface area contributed by atoms with Gasteiger partial charge in [0.25, 0.3) is 0 Å². The molecule has 1 aromatic carbocycles. The summed E-state index contributed by atoms with van der Waals surface area (Å²) in [7, 11) is 0. The maximum absolute atomic E-state index is 7.75. The molecule has 26 heavy (non-hydrogen) atoms. The highest BCUT2D eigenvalue weighted by Gasteiger charge is 2.24. The van der Waals surface area contributed by atoms with Crippen molar-refractivity contribution in [3.63, 3.8) is 0 Å². The standard InChI is InChI=1S/C21H26N4O/c1-14-8-18(9-14)23-12-17(11-22)21-13-24-19-3-2-16(10-20(19)25-21)15-4-6-26-7-5-15/h2-3,10-15,18,22-23H,4-9H2,1H3/b17-12+,22-11?. The Morgan fingerprint density at radius 3 is 2.77 bits per heavy atom. The second kappa shape index (κ2) is 7.54. The lowest BCUT2D eigenvalue weighted by Gasteiger charge is -2.33. The Kier molecular flexibility index (Phi) is 4.98. The molecule has 1 aromatic heterocycles. The maximum atomic E-state index is 7.75. The van der Waals surface area contributed by atoms with Crippen molar-refractivity contribution in [2.75, 3.05) is 13.2 Å². The number of nitrogens with one attached hydrogen (secondary N) is 2. The molecule has 2 fully saturated rings. The molecule has 0 amide bonds. The first kappa shape index (κ1) is 17.2. The van der Waals surface area contributed by atoms with E-state index in [2.05, 4.69) is 35.4 Å². The van der Waals surface area contributed by atoms with E-state index in [1.54, 1.807) is 6.20 Å². The van der Waals surface area contributed by atoms with Gasteiger partial charge < -0.3 is 15.5 Å². The Morgan fingerprint density at radius 2 is 2.04 bits per heavy atom. The molecule has 0 atom stereocenters. The normalized spacial score (nSPS) is 24.3. The van der Waals surface area contributed by atoms with Crippen LogP contribution in [0.4, 0.5) is 0 Å². The number of hydrogen-bond acceptors (Lipinski definition) is 5. The van der Waals surface area contributed by atoms with Crippen LogP contribution in [0, 0.1) is 11.3 Å². The van der Waals surface area contributed by atoms with Gasteiger partial charge in [0.15, 0.2) is 0 Å². The third kappa shape index (κ3) is 3.63. The third-order valence-electron chi connectivity index (χ3n) is 5.56. The van der Waals surface area contributed by atoms with Crippen LogP contribution < -0.4 is 5.32 Å². The summed E-state index contributed by atoms with van der Waals surface area (Å²) in [6.45, 7) is 3.94. The fourth-order valence-corrected chi connectivity index (χ4v) is 3.89. The van der Waals surface area contributed by atoms with Crippen molar-refractivity contribution < 1.29 is 4.74 Å². The predicted octanol–water partition coefficient (Wildman–Crippen LogP) is 3.90. The first-order valence-electron chi connectivity index (χ1n) is 9.54. The van der Waals surface area contributed by atoms with Crippen molar-refractivity contribution in [2.45, 2.75) is 44.6 Å². The molecule has 136 valence electrons. The number of aromatic nitrogens is 2. The van der Waals surface area contributed by atoms with Gasteiger partial charge in [-0.15, -0.1) is 0 Å². The number of benzene rings is 1. The zero-order valence-electron chi connectivity index (χ0n) is 15.2. The van der Waals surface area contributed by atoms with E-state index in [9.17, 15) is 0 Å². The van der Waals surface area contributed by atoms with E-state index in [1.807, 2.05) is 6.20 Å². The van der Waals surface area contributed by atoms with Gasteiger partial charge in [-0.2, -0.15) is 0 Å². The second-order valence-corrected chi connectivity index (χ2v) is 7.57. The van der Waals surface area contributed by atoms with Crippen LogP contribution in [0.25, 0.3) is 16.6 Å². The molecule has 5 nitrogen and oxygen atoms in total. The van der Waals surface area contributed by atoms with E-state index in [1.165, 1.54) is 24.6 Å². The molecule has 1 aliphatic heterocycles. The summed E-state index contributed by atoms with van der Waals surface area (Å²) in [5.41, 5.74) is 4.63. The lowest BCUT2D eigenvalue weighted by Crippen LogP contribution is -2.37. The monoisotopic (exact) mass is 350 g/mol. The lowest BCUT2D eigenvalue weighted by atomic mass is 9.82. The van der Waals surface area contributed by atoms with Gasteiger partial charge >= 0.3 is 0 Å². The Bertz CT molecular complexity index is 820. The molecule has 5 heteroatoms. The predicted molar refractivity (Wildman–Crippen MR) is 104 cm³/mol. The van der Waals surface area contributed by atoms with Gasteiger partial charge in [-0.05, 0) is 55.2 Å². The molecule has 0 radical (unpaired) electrons. The van der Waals surface area contributed by atoms with Crippen LogP contribution in [0.15, 0.2) is 30.6 Å². The summed E-state index contributed by atoms with van der Waals surface area (Å²) < 4.78 is 5.47. The summed E-state index contributed by atoms with van der Waals surface area (Å²) in [4.78, 5) is 9.34. The minimum Gasteiger partial charge on any atom is -0.388 e. The van der Waals surface area contributed by atoms with Crippen molar-refractivity contribution in [3.8, 4) is 0 Å². The number of allylic oxidation sites excluding steroid dienone is 1. The minimum atomic E-state index is 0.522. The molecule has 0 bridgehead atoms. The average molecular weight is 350 g/mol. The van der Waals surface area contributed by atoms with Crippen molar-refractivity contribution in [1.29, 1.82) is 5.41 Å². The van der Waals surface area contributed by atoms with Crippen molar-refractivity contribution in [3.05, 3.63) is 41.9 Å². The van der Waals surface area contributed by atoms with E-state index < -0.39 is 0 Å². The number of nitrogens with zero attached hydrogens (tertiary/aromatic N) is 2. The van der Waals surface area contributed by atoms with Gasteiger partial charge in [0, 0.05) is 37.2 Å². The highest BCUT2D eigenvalue weighted by atomic mass is 16.5.